The first-order valence-corrected chi connectivity index (χ1v) is 11.0. The Kier molecular flexibility index (Phi) is 4.86. The lowest BCUT2D eigenvalue weighted by Crippen LogP contribution is -2.43. The molecular formula is C25H29N3O. The topological polar surface area (TPSA) is 37.6 Å². The minimum atomic E-state index is 0.105. The fourth-order valence-electron chi connectivity index (χ4n) is 5.08. The third kappa shape index (κ3) is 3.68. The average molecular weight is 388 g/mol. The van der Waals surface area contributed by atoms with E-state index in [0.29, 0.717) is 11.8 Å². The number of carbonyl (C=O) groups is 1. The number of pyridine rings is 1. The Bertz CT molecular complexity index is 1020. The minimum Gasteiger partial charge on any atom is -0.342 e. The molecule has 0 bridgehead atoms. The van der Waals surface area contributed by atoms with Crippen LogP contribution in [-0.4, -0.2) is 33.3 Å². The van der Waals surface area contributed by atoms with E-state index >= 15 is 0 Å². The van der Waals surface area contributed by atoms with Gasteiger partial charge in [0, 0.05) is 37.3 Å². The van der Waals surface area contributed by atoms with Crippen molar-refractivity contribution in [3.63, 3.8) is 0 Å². The molecule has 0 radical (unpaired) electrons. The van der Waals surface area contributed by atoms with Crippen LogP contribution >= 0.6 is 0 Å². The molecule has 1 atom stereocenters. The van der Waals surface area contributed by atoms with Gasteiger partial charge in [0.2, 0.25) is 5.91 Å². The van der Waals surface area contributed by atoms with Crippen molar-refractivity contribution in [1.82, 2.24) is 14.3 Å². The van der Waals surface area contributed by atoms with Gasteiger partial charge in [-0.05, 0) is 62.1 Å². The van der Waals surface area contributed by atoms with Gasteiger partial charge in [0.15, 0.2) is 0 Å². The van der Waals surface area contributed by atoms with Crippen molar-refractivity contribution in [1.29, 1.82) is 0 Å². The maximum Gasteiger partial charge on any atom is 0.226 e. The molecule has 150 valence electrons. The van der Waals surface area contributed by atoms with E-state index in [0.717, 1.165) is 57.3 Å². The second kappa shape index (κ2) is 7.66. The predicted octanol–water partition coefficient (Wildman–Crippen LogP) is 4.23. The fraction of sp³-hybridized carbons (Fsp3) is 0.440. The van der Waals surface area contributed by atoms with Crippen molar-refractivity contribution in [3.8, 4) is 0 Å². The second-order valence-corrected chi connectivity index (χ2v) is 8.84. The van der Waals surface area contributed by atoms with Crippen LogP contribution in [0.4, 0.5) is 0 Å². The van der Waals surface area contributed by atoms with Crippen molar-refractivity contribution in [2.75, 3.05) is 13.1 Å². The van der Waals surface area contributed by atoms with E-state index in [2.05, 4.69) is 64.9 Å². The second-order valence-electron chi connectivity index (χ2n) is 8.84. The predicted molar refractivity (Wildman–Crippen MR) is 115 cm³/mol. The van der Waals surface area contributed by atoms with Crippen molar-refractivity contribution in [2.45, 2.75) is 45.4 Å². The molecule has 0 spiro atoms. The molecule has 0 saturated carbocycles. The summed E-state index contributed by atoms with van der Waals surface area (Å²) in [6.45, 7) is 3.93. The number of imidazole rings is 1. The molecule has 2 aromatic heterocycles. The van der Waals surface area contributed by atoms with Gasteiger partial charge in [-0.2, -0.15) is 0 Å². The third-order valence-corrected chi connectivity index (χ3v) is 6.76. The van der Waals surface area contributed by atoms with Crippen LogP contribution in [0.15, 0.2) is 48.7 Å². The van der Waals surface area contributed by atoms with Gasteiger partial charge < -0.3 is 9.30 Å². The number of amides is 1. The lowest BCUT2D eigenvalue weighted by molar-refractivity contribution is -0.137. The smallest absolute Gasteiger partial charge is 0.226 e. The van der Waals surface area contributed by atoms with E-state index in [-0.39, 0.29) is 5.92 Å². The zero-order chi connectivity index (χ0) is 19.8. The summed E-state index contributed by atoms with van der Waals surface area (Å²) in [5.74, 6) is 1.16. The number of benzene rings is 1. The van der Waals surface area contributed by atoms with Crippen molar-refractivity contribution < 1.29 is 4.79 Å². The Hall–Kier alpha value is -2.62. The summed E-state index contributed by atoms with van der Waals surface area (Å²) in [7, 11) is 0. The lowest BCUT2D eigenvalue weighted by atomic mass is 9.86. The van der Waals surface area contributed by atoms with Crippen molar-refractivity contribution in [3.05, 3.63) is 71.2 Å². The molecule has 1 unspecified atom stereocenters. The number of aromatic nitrogens is 2. The number of piperidine rings is 1. The highest BCUT2D eigenvalue weighted by atomic mass is 16.2. The van der Waals surface area contributed by atoms with Crippen LogP contribution in [-0.2, 0) is 24.1 Å². The van der Waals surface area contributed by atoms with E-state index in [1.807, 2.05) is 0 Å². The van der Waals surface area contributed by atoms with Gasteiger partial charge in [-0.15, -0.1) is 0 Å². The monoisotopic (exact) mass is 387 g/mol. The van der Waals surface area contributed by atoms with E-state index < -0.39 is 0 Å². The summed E-state index contributed by atoms with van der Waals surface area (Å²) in [5, 5.41) is 0. The van der Waals surface area contributed by atoms with Gasteiger partial charge in [0.25, 0.3) is 0 Å². The molecule has 2 aliphatic rings. The molecular weight excluding hydrogens is 358 g/mol. The normalized spacial score (nSPS) is 20.0. The Morgan fingerprint density at radius 1 is 1.07 bits per heavy atom. The van der Waals surface area contributed by atoms with Crippen LogP contribution in [0.25, 0.3) is 5.65 Å². The Balaban J connectivity index is 1.23. The molecule has 5 rings (SSSR count). The van der Waals surface area contributed by atoms with Gasteiger partial charge in [0.05, 0.1) is 5.69 Å². The first-order chi connectivity index (χ1) is 14.2. The highest BCUT2D eigenvalue weighted by Crippen LogP contribution is 2.30. The van der Waals surface area contributed by atoms with Crippen LogP contribution in [0.2, 0.25) is 0 Å². The molecule has 4 nitrogen and oxygen atoms in total. The molecule has 1 aliphatic heterocycles. The SMILES string of the molecule is Cc1ccc2nc3c(n2c1)CC(C(=O)N1CCC(Cc2ccccc2)CC1)CC3. The van der Waals surface area contributed by atoms with Crippen LogP contribution in [0.3, 0.4) is 0 Å². The summed E-state index contributed by atoms with van der Waals surface area (Å²) in [6, 6.07) is 14.9. The Morgan fingerprint density at radius 2 is 1.86 bits per heavy atom. The molecule has 3 aromatic rings. The Morgan fingerprint density at radius 3 is 2.66 bits per heavy atom. The highest BCUT2D eigenvalue weighted by molar-refractivity contribution is 5.79. The quantitative estimate of drug-likeness (QED) is 0.674. The number of hydrogen-bond donors (Lipinski definition) is 0. The Labute approximate surface area is 172 Å². The molecule has 29 heavy (non-hydrogen) atoms. The minimum absolute atomic E-state index is 0.105. The van der Waals surface area contributed by atoms with Gasteiger partial charge in [0.1, 0.15) is 5.65 Å². The number of rotatable bonds is 3. The van der Waals surface area contributed by atoms with E-state index in [1.165, 1.54) is 22.5 Å². The first-order valence-electron chi connectivity index (χ1n) is 11.0. The van der Waals surface area contributed by atoms with E-state index in [9.17, 15) is 4.79 Å². The van der Waals surface area contributed by atoms with Gasteiger partial charge in [-0.25, -0.2) is 4.98 Å². The molecule has 1 fully saturated rings. The van der Waals surface area contributed by atoms with Crippen LogP contribution < -0.4 is 0 Å². The molecule has 0 N–H and O–H groups in total. The zero-order valence-corrected chi connectivity index (χ0v) is 17.2. The number of nitrogens with zero attached hydrogens (tertiary/aromatic N) is 3. The number of carbonyl (C=O) groups excluding carboxylic acids is 1. The first kappa shape index (κ1) is 18.4. The van der Waals surface area contributed by atoms with E-state index in [4.69, 9.17) is 4.98 Å². The molecule has 4 heteroatoms. The standard InChI is InChI=1S/C25H29N3O/c1-18-7-10-24-26-22-9-8-21(16-23(22)28(24)17-18)25(29)27-13-11-20(12-14-27)15-19-5-3-2-4-6-19/h2-7,10,17,20-21H,8-9,11-16H2,1H3. The van der Waals surface area contributed by atoms with Crippen molar-refractivity contribution >= 4 is 11.6 Å². The molecule has 1 aliphatic carbocycles. The summed E-state index contributed by atoms with van der Waals surface area (Å²) >= 11 is 0. The van der Waals surface area contributed by atoms with Gasteiger partial charge >= 0.3 is 0 Å². The van der Waals surface area contributed by atoms with Crippen LogP contribution in [0.1, 0.15) is 41.8 Å². The van der Waals surface area contributed by atoms with E-state index in [1.54, 1.807) is 0 Å². The number of fused-ring (bicyclic) bond motifs is 3. The fourth-order valence-corrected chi connectivity index (χ4v) is 5.08. The lowest BCUT2D eigenvalue weighted by Gasteiger charge is -2.35. The van der Waals surface area contributed by atoms with Gasteiger partial charge in [-0.3, -0.25) is 4.79 Å². The maximum atomic E-state index is 13.2. The van der Waals surface area contributed by atoms with Crippen LogP contribution in [0, 0.1) is 18.8 Å². The summed E-state index contributed by atoms with van der Waals surface area (Å²) in [4.78, 5) is 20.2. The summed E-state index contributed by atoms with van der Waals surface area (Å²) in [6.07, 6.45) is 8.19. The third-order valence-electron chi connectivity index (χ3n) is 6.76. The number of aryl methyl sites for hydroxylation is 2. The largest absolute Gasteiger partial charge is 0.342 e. The zero-order valence-electron chi connectivity index (χ0n) is 17.2. The molecule has 1 aromatic carbocycles. The summed E-state index contributed by atoms with van der Waals surface area (Å²) < 4.78 is 2.20. The van der Waals surface area contributed by atoms with Crippen LogP contribution in [0.5, 0.6) is 0 Å². The number of likely N-dealkylation sites (tertiary alicyclic amines) is 1. The number of hydrogen-bond acceptors (Lipinski definition) is 2. The van der Waals surface area contributed by atoms with Gasteiger partial charge in [-0.1, -0.05) is 36.4 Å². The maximum absolute atomic E-state index is 13.2. The van der Waals surface area contributed by atoms with Crippen molar-refractivity contribution in [2.24, 2.45) is 11.8 Å². The molecule has 1 saturated heterocycles. The summed E-state index contributed by atoms with van der Waals surface area (Å²) in [5.41, 5.74) is 6.08. The molecule has 1 amide bonds. The molecule has 3 heterocycles. The average Bonchev–Trinajstić information content (AvgIpc) is 3.11. The highest BCUT2D eigenvalue weighted by Gasteiger charge is 2.32.